The van der Waals surface area contributed by atoms with Gasteiger partial charge < -0.3 is 24.4 Å². The van der Waals surface area contributed by atoms with Gasteiger partial charge in [-0.25, -0.2) is 4.79 Å². The molecule has 7 nitrogen and oxygen atoms in total. The zero-order valence-corrected chi connectivity index (χ0v) is 13.8. The van der Waals surface area contributed by atoms with E-state index in [1.807, 2.05) is 4.90 Å². The Labute approximate surface area is 137 Å². The maximum atomic E-state index is 12.1. The van der Waals surface area contributed by atoms with Gasteiger partial charge in [0.25, 0.3) is 0 Å². The molecule has 1 N–H and O–H groups in total. The number of piperidine rings is 1. The third kappa shape index (κ3) is 2.95. The van der Waals surface area contributed by atoms with E-state index < -0.39 is 0 Å². The summed E-state index contributed by atoms with van der Waals surface area (Å²) in [5.41, 5.74) is 0.0293. The fourth-order valence-electron chi connectivity index (χ4n) is 4.39. The normalized spacial score (nSPS) is 36.1. The number of carbonyl (C=O) groups excluding carboxylic acids is 1. The molecule has 1 spiro atoms. The van der Waals surface area contributed by atoms with Crippen molar-refractivity contribution >= 4 is 6.03 Å². The molecule has 7 heteroatoms. The van der Waals surface area contributed by atoms with E-state index in [1.54, 1.807) is 7.11 Å². The number of amides is 2. The Bertz CT molecular complexity index is 457. The van der Waals surface area contributed by atoms with Crippen molar-refractivity contribution in [3.05, 3.63) is 0 Å². The summed E-state index contributed by atoms with van der Waals surface area (Å²) in [5.74, 6) is 0. The van der Waals surface area contributed by atoms with Crippen molar-refractivity contribution in [1.29, 1.82) is 0 Å². The highest BCUT2D eigenvalue weighted by Gasteiger charge is 2.47. The van der Waals surface area contributed by atoms with Gasteiger partial charge in [-0.3, -0.25) is 4.90 Å². The largest absolute Gasteiger partial charge is 0.383 e. The monoisotopic (exact) mass is 325 g/mol. The Morgan fingerprint density at radius 1 is 1.39 bits per heavy atom. The number of likely N-dealkylation sites (tertiary alicyclic amines) is 1. The van der Waals surface area contributed by atoms with E-state index in [-0.39, 0.29) is 17.7 Å². The highest BCUT2D eigenvalue weighted by Crippen LogP contribution is 2.37. The molecule has 0 aromatic rings. The number of nitrogens with zero attached hydrogens (tertiary/aromatic N) is 2. The van der Waals surface area contributed by atoms with Gasteiger partial charge in [0.15, 0.2) is 0 Å². The maximum absolute atomic E-state index is 12.1. The van der Waals surface area contributed by atoms with Gasteiger partial charge in [0.05, 0.1) is 38.0 Å². The van der Waals surface area contributed by atoms with Crippen LogP contribution in [0.5, 0.6) is 0 Å². The summed E-state index contributed by atoms with van der Waals surface area (Å²) in [7, 11) is 1.68. The first kappa shape index (κ1) is 15.6. The number of urea groups is 1. The number of carbonyl (C=O) groups is 1. The van der Waals surface area contributed by atoms with Crippen LogP contribution in [0.1, 0.15) is 19.3 Å². The number of hydrogen-bond acceptors (Lipinski definition) is 5. The number of nitrogens with one attached hydrogen (secondary N) is 1. The lowest BCUT2D eigenvalue weighted by Gasteiger charge is -2.40. The summed E-state index contributed by atoms with van der Waals surface area (Å²) >= 11 is 0. The molecule has 0 aromatic heterocycles. The lowest BCUT2D eigenvalue weighted by molar-refractivity contribution is -0.202. The third-order valence-corrected chi connectivity index (χ3v) is 5.70. The molecule has 4 aliphatic heterocycles. The highest BCUT2D eigenvalue weighted by molar-refractivity contribution is 5.77. The van der Waals surface area contributed by atoms with Crippen LogP contribution in [0.15, 0.2) is 0 Å². The van der Waals surface area contributed by atoms with Crippen molar-refractivity contribution in [1.82, 2.24) is 15.1 Å². The van der Waals surface area contributed by atoms with Crippen LogP contribution in [0.4, 0.5) is 4.79 Å². The number of hydrogen-bond donors (Lipinski definition) is 1. The van der Waals surface area contributed by atoms with Gasteiger partial charge in [0, 0.05) is 33.3 Å². The molecule has 4 fully saturated rings. The fourth-order valence-corrected chi connectivity index (χ4v) is 4.39. The van der Waals surface area contributed by atoms with Crippen LogP contribution in [-0.4, -0.2) is 92.7 Å². The molecule has 2 amide bonds. The molecule has 23 heavy (non-hydrogen) atoms. The molecular formula is C16H27N3O4. The molecule has 4 heterocycles. The first-order valence-electron chi connectivity index (χ1n) is 8.73. The van der Waals surface area contributed by atoms with Crippen molar-refractivity contribution in [3.63, 3.8) is 0 Å². The van der Waals surface area contributed by atoms with E-state index in [2.05, 4.69) is 10.2 Å². The van der Waals surface area contributed by atoms with Crippen molar-refractivity contribution in [3.8, 4) is 0 Å². The second-order valence-corrected chi connectivity index (χ2v) is 7.31. The Hall–Kier alpha value is -0.890. The minimum absolute atomic E-state index is 0.0293. The van der Waals surface area contributed by atoms with Crippen LogP contribution in [0.2, 0.25) is 0 Å². The Balaban J connectivity index is 1.29. The summed E-state index contributed by atoms with van der Waals surface area (Å²) in [6.45, 7) is 5.72. The molecule has 130 valence electrons. The van der Waals surface area contributed by atoms with Gasteiger partial charge in [-0.15, -0.1) is 0 Å². The van der Waals surface area contributed by atoms with Crippen LogP contribution in [0, 0.1) is 0 Å². The lowest BCUT2D eigenvalue weighted by Crippen LogP contribution is -2.54. The third-order valence-electron chi connectivity index (χ3n) is 5.70. The van der Waals surface area contributed by atoms with E-state index in [0.29, 0.717) is 25.3 Å². The average molecular weight is 325 g/mol. The van der Waals surface area contributed by atoms with Gasteiger partial charge in [-0.1, -0.05) is 0 Å². The standard InChI is InChI=1S/C16H27N3O4/c1-21-7-6-19-14-3-5-18(9-13(14)17-15(19)20)8-12-2-4-16(23-12)10-22-11-16/h12-14H,2-11H2,1H3,(H,17,20)/t12?,13-,14+/m0/s1. The fraction of sp³-hybridized carbons (Fsp3) is 0.938. The second kappa shape index (κ2) is 6.20. The lowest BCUT2D eigenvalue weighted by atomic mass is 9.97. The molecule has 1 unspecified atom stereocenters. The SMILES string of the molecule is COCCN1C(=O)N[C@H]2CN(CC3CCC4(COC4)O3)CC[C@H]21. The van der Waals surface area contributed by atoms with Crippen LogP contribution in [-0.2, 0) is 14.2 Å². The summed E-state index contributed by atoms with van der Waals surface area (Å²) in [5, 5.41) is 3.14. The van der Waals surface area contributed by atoms with E-state index in [1.165, 1.54) is 0 Å². The molecule has 0 saturated carbocycles. The summed E-state index contributed by atoms with van der Waals surface area (Å²) in [6, 6.07) is 0.599. The molecule has 4 aliphatic rings. The number of methoxy groups -OCH3 is 1. The zero-order valence-electron chi connectivity index (χ0n) is 13.8. The Morgan fingerprint density at radius 2 is 2.26 bits per heavy atom. The van der Waals surface area contributed by atoms with Gasteiger partial charge >= 0.3 is 6.03 Å². The number of rotatable bonds is 5. The van der Waals surface area contributed by atoms with E-state index in [9.17, 15) is 4.79 Å². The topological polar surface area (TPSA) is 63.3 Å². The molecule has 0 bridgehead atoms. The number of ether oxygens (including phenoxy) is 3. The summed E-state index contributed by atoms with van der Waals surface area (Å²) < 4.78 is 16.6. The van der Waals surface area contributed by atoms with Gasteiger partial charge in [-0.05, 0) is 19.3 Å². The molecule has 4 saturated heterocycles. The summed E-state index contributed by atoms with van der Waals surface area (Å²) in [4.78, 5) is 16.5. The minimum Gasteiger partial charge on any atom is -0.383 e. The minimum atomic E-state index is 0.0293. The smallest absolute Gasteiger partial charge is 0.318 e. The van der Waals surface area contributed by atoms with Crippen molar-refractivity contribution in [2.75, 3.05) is 53.1 Å². The van der Waals surface area contributed by atoms with Crippen LogP contribution < -0.4 is 5.32 Å². The van der Waals surface area contributed by atoms with E-state index in [0.717, 1.165) is 52.1 Å². The van der Waals surface area contributed by atoms with Crippen LogP contribution in [0.25, 0.3) is 0 Å². The predicted octanol–water partition coefficient (Wildman–Crippen LogP) is 0.0489. The molecule has 4 rings (SSSR count). The molecule has 0 aromatic carbocycles. The molecule has 0 aliphatic carbocycles. The van der Waals surface area contributed by atoms with E-state index >= 15 is 0 Å². The van der Waals surface area contributed by atoms with Crippen LogP contribution in [0.3, 0.4) is 0 Å². The van der Waals surface area contributed by atoms with Crippen molar-refractivity contribution < 1.29 is 19.0 Å². The van der Waals surface area contributed by atoms with Crippen LogP contribution >= 0.6 is 0 Å². The Morgan fingerprint density at radius 3 is 2.96 bits per heavy atom. The predicted molar refractivity (Wildman–Crippen MR) is 83.4 cm³/mol. The highest BCUT2D eigenvalue weighted by atomic mass is 16.6. The first-order valence-corrected chi connectivity index (χ1v) is 8.73. The van der Waals surface area contributed by atoms with Crippen molar-refractivity contribution in [2.45, 2.75) is 43.1 Å². The van der Waals surface area contributed by atoms with E-state index in [4.69, 9.17) is 14.2 Å². The zero-order chi connectivity index (χ0) is 15.9. The quantitative estimate of drug-likeness (QED) is 0.774. The number of fused-ring (bicyclic) bond motifs is 1. The second-order valence-electron chi connectivity index (χ2n) is 7.31. The molecular weight excluding hydrogens is 298 g/mol. The average Bonchev–Trinajstić information content (AvgIpc) is 3.06. The van der Waals surface area contributed by atoms with Gasteiger partial charge in [0.2, 0.25) is 0 Å². The van der Waals surface area contributed by atoms with Gasteiger partial charge in [0.1, 0.15) is 5.60 Å². The van der Waals surface area contributed by atoms with Gasteiger partial charge in [-0.2, -0.15) is 0 Å². The summed E-state index contributed by atoms with van der Waals surface area (Å²) in [6.07, 6.45) is 3.59. The molecule has 3 atom stereocenters. The Kier molecular flexibility index (Phi) is 4.21. The maximum Gasteiger partial charge on any atom is 0.318 e. The van der Waals surface area contributed by atoms with Crippen molar-refractivity contribution in [2.24, 2.45) is 0 Å². The first-order chi connectivity index (χ1) is 11.2. The molecule has 0 radical (unpaired) electrons.